The zero-order valence-corrected chi connectivity index (χ0v) is 14.5. The van der Waals surface area contributed by atoms with Gasteiger partial charge < -0.3 is 5.32 Å². The monoisotopic (exact) mass is 338 g/mol. The zero-order chi connectivity index (χ0) is 17.9. The molecule has 1 saturated carbocycles. The van der Waals surface area contributed by atoms with Gasteiger partial charge in [-0.05, 0) is 24.7 Å². The van der Waals surface area contributed by atoms with Gasteiger partial charge in [-0.1, -0.05) is 33.6 Å². The van der Waals surface area contributed by atoms with E-state index in [1.165, 1.54) is 0 Å². The molecule has 0 aromatic rings. The van der Waals surface area contributed by atoms with Gasteiger partial charge in [0.2, 0.25) is 5.91 Å². The van der Waals surface area contributed by atoms with Crippen molar-refractivity contribution in [2.45, 2.75) is 58.4 Å². The molecule has 3 N–H and O–H groups in total. The Morgan fingerprint density at radius 3 is 2.54 bits per heavy atom. The Morgan fingerprint density at radius 1 is 1.25 bits per heavy atom. The van der Waals surface area contributed by atoms with E-state index in [0.29, 0.717) is 6.42 Å². The van der Waals surface area contributed by atoms with Gasteiger partial charge in [0.25, 0.3) is 11.8 Å². The number of urea groups is 1. The van der Waals surface area contributed by atoms with Crippen molar-refractivity contribution >= 4 is 23.8 Å². The summed E-state index contributed by atoms with van der Waals surface area (Å²) >= 11 is 0. The Balaban J connectivity index is 1.92. The number of hydrogen-bond acceptors (Lipinski definition) is 4. The molecule has 0 radical (unpaired) electrons. The molecule has 8 nitrogen and oxygen atoms in total. The van der Waals surface area contributed by atoms with E-state index in [4.69, 9.17) is 0 Å². The highest BCUT2D eigenvalue weighted by Gasteiger charge is 2.55. The van der Waals surface area contributed by atoms with Gasteiger partial charge in [-0.2, -0.15) is 0 Å². The maximum atomic E-state index is 12.7. The summed E-state index contributed by atoms with van der Waals surface area (Å²) in [6.07, 6.45) is 3.67. The largest absolute Gasteiger partial charge is 0.325 e. The summed E-state index contributed by atoms with van der Waals surface area (Å²) in [5.74, 6) is -1.05. The molecule has 1 aliphatic carbocycles. The van der Waals surface area contributed by atoms with E-state index in [2.05, 4.69) is 16.2 Å². The number of hydrogen-bond donors (Lipinski definition) is 3. The van der Waals surface area contributed by atoms with E-state index >= 15 is 0 Å². The van der Waals surface area contributed by atoms with Crippen molar-refractivity contribution in [1.29, 1.82) is 0 Å². The van der Waals surface area contributed by atoms with Crippen LogP contribution < -0.4 is 16.2 Å². The molecule has 0 bridgehead atoms. The molecule has 24 heavy (non-hydrogen) atoms. The van der Waals surface area contributed by atoms with Crippen LogP contribution in [-0.2, 0) is 14.4 Å². The fourth-order valence-corrected chi connectivity index (χ4v) is 3.38. The first-order chi connectivity index (χ1) is 11.3. The average Bonchev–Trinajstić information content (AvgIpc) is 2.73. The molecular weight excluding hydrogens is 312 g/mol. The van der Waals surface area contributed by atoms with E-state index < -0.39 is 24.0 Å². The van der Waals surface area contributed by atoms with Gasteiger partial charge in [0.05, 0.1) is 0 Å². The third-order valence-corrected chi connectivity index (χ3v) is 4.74. The zero-order valence-electron chi connectivity index (χ0n) is 14.5. The number of hydrazine groups is 1. The highest BCUT2D eigenvalue weighted by atomic mass is 16.2. The normalized spacial score (nSPS) is 26.7. The molecule has 5 amide bonds. The SMILES string of the molecule is CC(C)CC(=O)NNC(=O)CN1C(=O)NC2(CCCCC2C)C1=O. The molecule has 2 atom stereocenters. The maximum absolute atomic E-state index is 12.7. The second-order valence-corrected chi connectivity index (χ2v) is 7.13. The molecule has 1 spiro atoms. The number of imide groups is 1. The van der Waals surface area contributed by atoms with Crippen molar-refractivity contribution in [3.05, 3.63) is 0 Å². The fraction of sp³-hybridized carbons (Fsp3) is 0.750. The van der Waals surface area contributed by atoms with Crippen LogP contribution in [0.25, 0.3) is 0 Å². The molecule has 2 fully saturated rings. The standard InChI is InChI=1S/C16H26N4O4/c1-10(2)8-12(21)18-19-13(22)9-20-14(23)16(17-15(20)24)7-5-4-6-11(16)3/h10-11H,4-9H2,1-3H3,(H,17,24)(H,18,21)(H,19,22). The minimum absolute atomic E-state index is 0.0431. The van der Waals surface area contributed by atoms with Crippen molar-refractivity contribution in [2.24, 2.45) is 11.8 Å². The highest BCUT2D eigenvalue weighted by molar-refractivity contribution is 6.09. The molecule has 2 rings (SSSR count). The van der Waals surface area contributed by atoms with E-state index in [0.717, 1.165) is 24.2 Å². The minimum Gasteiger partial charge on any atom is -0.323 e. The highest BCUT2D eigenvalue weighted by Crippen LogP contribution is 2.38. The molecule has 1 saturated heterocycles. The lowest BCUT2D eigenvalue weighted by Gasteiger charge is -2.36. The number of carbonyl (C=O) groups is 4. The van der Waals surface area contributed by atoms with Crippen LogP contribution in [0.2, 0.25) is 0 Å². The number of amides is 5. The second kappa shape index (κ2) is 7.19. The Labute approximate surface area is 141 Å². The summed E-state index contributed by atoms with van der Waals surface area (Å²) in [6.45, 7) is 5.33. The van der Waals surface area contributed by atoms with Crippen molar-refractivity contribution in [3.63, 3.8) is 0 Å². The van der Waals surface area contributed by atoms with Gasteiger partial charge in [-0.3, -0.25) is 30.1 Å². The Bertz CT molecular complexity index is 548. The number of nitrogens with zero attached hydrogens (tertiary/aromatic N) is 1. The summed E-state index contributed by atoms with van der Waals surface area (Å²) in [5.41, 5.74) is 3.66. The molecule has 134 valence electrons. The molecule has 2 unspecified atom stereocenters. The lowest BCUT2D eigenvalue weighted by Crippen LogP contribution is -2.54. The summed E-state index contributed by atoms with van der Waals surface area (Å²) in [5, 5.41) is 2.79. The predicted octanol–water partition coefficient (Wildman–Crippen LogP) is 0.681. The smallest absolute Gasteiger partial charge is 0.323 e. The summed E-state index contributed by atoms with van der Waals surface area (Å²) < 4.78 is 0. The quantitative estimate of drug-likeness (QED) is 0.517. The second-order valence-electron chi connectivity index (χ2n) is 7.13. The summed E-state index contributed by atoms with van der Waals surface area (Å²) in [6, 6.07) is -0.544. The molecule has 1 heterocycles. The number of nitrogens with one attached hydrogen (secondary N) is 3. The van der Waals surface area contributed by atoms with Crippen LogP contribution in [0.5, 0.6) is 0 Å². The van der Waals surface area contributed by atoms with Crippen LogP contribution in [0.4, 0.5) is 4.79 Å². The summed E-state index contributed by atoms with van der Waals surface area (Å²) in [4.78, 5) is 49.2. The molecule has 0 aromatic heterocycles. The number of rotatable bonds is 4. The Morgan fingerprint density at radius 2 is 1.92 bits per heavy atom. The van der Waals surface area contributed by atoms with Crippen LogP contribution >= 0.6 is 0 Å². The first-order valence-electron chi connectivity index (χ1n) is 8.48. The molecule has 0 aromatic carbocycles. The van der Waals surface area contributed by atoms with Crippen molar-refractivity contribution in [1.82, 2.24) is 21.1 Å². The van der Waals surface area contributed by atoms with Gasteiger partial charge in [0.15, 0.2) is 0 Å². The predicted molar refractivity (Wildman–Crippen MR) is 86.3 cm³/mol. The van der Waals surface area contributed by atoms with Gasteiger partial charge in [-0.25, -0.2) is 4.79 Å². The molecule has 2 aliphatic rings. The van der Waals surface area contributed by atoms with E-state index in [9.17, 15) is 19.2 Å². The third kappa shape index (κ3) is 3.68. The minimum atomic E-state index is -0.878. The van der Waals surface area contributed by atoms with Gasteiger partial charge in [-0.15, -0.1) is 0 Å². The van der Waals surface area contributed by atoms with Crippen molar-refractivity contribution in [3.8, 4) is 0 Å². The Hall–Kier alpha value is -2.12. The third-order valence-electron chi connectivity index (χ3n) is 4.74. The van der Waals surface area contributed by atoms with Crippen LogP contribution in [-0.4, -0.2) is 40.7 Å². The lowest BCUT2D eigenvalue weighted by atomic mass is 9.73. The Kier molecular flexibility index (Phi) is 5.46. The van der Waals surface area contributed by atoms with Crippen LogP contribution in [0, 0.1) is 11.8 Å². The fourth-order valence-electron chi connectivity index (χ4n) is 3.38. The van der Waals surface area contributed by atoms with Gasteiger partial charge in [0.1, 0.15) is 12.1 Å². The number of carbonyl (C=O) groups excluding carboxylic acids is 4. The topological polar surface area (TPSA) is 108 Å². The lowest BCUT2D eigenvalue weighted by molar-refractivity contribution is -0.138. The van der Waals surface area contributed by atoms with Crippen LogP contribution in [0.3, 0.4) is 0 Å². The van der Waals surface area contributed by atoms with E-state index in [-0.39, 0.29) is 30.1 Å². The first kappa shape index (κ1) is 18.2. The van der Waals surface area contributed by atoms with Gasteiger partial charge in [0, 0.05) is 6.42 Å². The van der Waals surface area contributed by atoms with E-state index in [1.807, 2.05) is 20.8 Å². The average molecular weight is 338 g/mol. The molecule has 1 aliphatic heterocycles. The van der Waals surface area contributed by atoms with Crippen LogP contribution in [0.1, 0.15) is 52.9 Å². The van der Waals surface area contributed by atoms with Gasteiger partial charge >= 0.3 is 6.03 Å². The maximum Gasteiger partial charge on any atom is 0.325 e. The van der Waals surface area contributed by atoms with Crippen molar-refractivity contribution < 1.29 is 19.2 Å². The van der Waals surface area contributed by atoms with E-state index in [1.54, 1.807) is 0 Å². The molecular formula is C16H26N4O4. The first-order valence-corrected chi connectivity index (χ1v) is 8.48. The summed E-state index contributed by atoms with van der Waals surface area (Å²) in [7, 11) is 0. The van der Waals surface area contributed by atoms with Crippen LogP contribution in [0.15, 0.2) is 0 Å². The van der Waals surface area contributed by atoms with Crippen molar-refractivity contribution in [2.75, 3.05) is 6.54 Å². The molecule has 8 heteroatoms.